The van der Waals surface area contributed by atoms with Crippen LogP contribution in [-0.4, -0.2) is 49.6 Å². The number of likely N-dealkylation sites (tertiary alicyclic amines) is 1. The largest absolute Gasteiger partial charge is 0.338 e. The minimum atomic E-state index is -3.21. The van der Waals surface area contributed by atoms with Crippen molar-refractivity contribution in [2.45, 2.75) is 18.9 Å². The number of carbonyl (C=O) groups excluding carboxylic acids is 1. The molecule has 0 spiro atoms. The zero-order valence-electron chi connectivity index (χ0n) is 11.1. The smallest absolute Gasteiger partial charge is 0.255 e. The van der Waals surface area contributed by atoms with Crippen LogP contribution in [-0.2, 0) is 10.0 Å². The number of nitrogens with one attached hydrogen (secondary N) is 2. The molecule has 1 aromatic heterocycles. The van der Waals surface area contributed by atoms with E-state index in [4.69, 9.17) is 0 Å². The molecule has 2 rings (SSSR count). The minimum absolute atomic E-state index is 0.121. The third kappa shape index (κ3) is 3.91. The van der Waals surface area contributed by atoms with E-state index in [1.54, 1.807) is 4.90 Å². The van der Waals surface area contributed by atoms with Gasteiger partial charge in [0.05, 0.1) is 11.8 Å². The van der Waals surface area contributed by atoms with Gasteiger partial charge in [-0.2, -0.15) is 0 Å². The molecular weight excluding hydrogens is 282 g/mol. The third-order valence-electron chi connectivity index (χ3n) is 3.19. The van der Waals surface area contributed by atoms with Crippen molar-refractivity contribution in [3.63, 3.8) is 0 Å². The molecule has 1 fully saturated rings. The molecular formula is C12H17N3O4S. The second-order valence-corrected chi connectivity index (χ2v) is 6.68. The van der Waals surface area contributed by atoms with E-state index in [1.165, 1.54) is 18.3 Å². The molecule has 1 aliphatic rings. The van der Waals surface area contributed by atoms with Crippen LogP contribution in [0.4, 0.5) is 0 Å². The van der Waals surface area contributed by atoms with Gasteiger partial charge in [-0.25, -0.2) is 13.1 Å². The van der Waals surface area contributed by atoms with E-state index in [0.717, 1.165) is 6.26 Å². The number of aromatic amines is 1. The van der Waals surface area contributed by atoms with E-state index in [1.807, 2.05) is 0 Å². The first-order valence-electron chi connectivity index (χ1n) is 6.30. The maximum Gasteiger partial charge on any atom is 0.255 e. The van der Waals surface area contributed by atoms with Crippen molar-refractivity contribution in [3.05, 3.63) is 34.2 Å². The zero-order chi connectivity index (χ0) is 14.8. The summed E-state index contributed by atoms with van der Waals surface area (Å²) < 4.78 is 24.8. The maximum atomic E-state index is 12.2. The molecule has 1 aliphatic heterocycles. The van der Waals surface area contributed by atoms with Crippen LogP contribution >= 0.6 is 0 Å². The van der Waals surface area contributed by atoms with E-state index < -0.39 is 10.0 Å². The van der Waals surface area contributed by atoms with Gasteiger partial charge in [0.15, 0.2) is 0 Å². The normalized spacial score (nSPS) is 17.1. The Balaban J connectivity index is 1.95. The number of hydrogen-bond acceptors (Lipinski definition) is 4. The van der Waals surface area contributed by atoms with Crippen molar-refractivity contribution in [3.8, 4) is 0 Å². The lowest BCUT2D eigenvalue weighted by Gasteiger charge is -2.32. The van der Waals surface area contributed by atoms with Crippen molar-refractivity contribution >= 4 is 15.9 Å². The van der Waals surface area contributed by atoms with Crippen molar-refractivity contribution in [2.75, 3.05) is 19.3 Å². The summed E-state index contributed by atoms with van der Waals surface area (Å²) in [4.78, 5) is 27.2. The SMILES string of the molecule is CS(=O)(=O)NC1CCN(C(=O)c2ccc(=O)[nH]c2)CC1. The fourth-order valence-electron chi connectivity index (χ4n) is 2.23. The van der Waals surface area contributed by atoms with Crippen LogP contribution < -0.4 is 10.3 Å². The number of H-pyrrole nitrogens is 1. The third-order valence-corrected chi connectivity index (χ3v) is 3.96. The number of nitrogens with zero attached hydrogens (tertiary/aromatic N) is 1. The van der Waals surface area contributed by atoms with Gasteiger partial charge >= 0.3 is 0 Å². The molecule has 0 saturated carbocycles. The summed E-state index contributed by atoms with van der Waals surface area (Å²) in [6, 6.07) is 2.68. The van der Waals surface area contributed by atoms with Gasteiger partial charge in [0.2, 0.25) is 15.6 Å². The summed E-state index contributed by atoms with van der Waals surface area (Å²) in [6.07, 6.45) is 3.70. The summed E-state index contributed by atoms with van der Waals surface area (Å²) in [5.41, 5.74) is 0.178. The number of piperidine rings is 1. The molecule has 0 aliphatic carbocycles. The van der Waals surface area contributed by atoms with Gasteiger partial charge in [-0.15, -0.1) is 0 Å². The molecule has 0 radical (unpaired) electrons. The first kappa shape index (κ1) is 14.7. The highest BCUT2D eigenvalue weighted by atomic mass is 32.2. The Morgan fingerprint density at radius 1 is 1.35 bits per heavy atom. The van der Waals surface area contributed by atoms with Gasteiger partial charge in [-0.1, -0.05) is 0 Å². The van der Waals surface area contributed by atoms with Crippen LogP contribution in [0.25, 0.3) is 0 Å². The molecule has 1 saturated heterocycles. The van der Waals surface area contributed by atoms with E-state index in [-0.39, 0.29) is 17.5 Å². The summed E-state index contributed by atoms with van der Waals surface area (Å²) in [5, 5.41) is 0. The number of carbonyl (C=O) groups is 1. The highest BCUT2D eigenvalue weighted by Gasteiger charge is 2.25. The van der Waals surface area contributed by atoms with E-state index in [2.05, 4.69) is 9.71 Å². The van der Waals surface area contributed by atoms with E-state index >= 15 is 0 Å². The van der Waals surface area contributed by atoms with Gasteiger partial charge in [-0.3, -0.25) is 9.59 Å². The first-order valence-corrected chi connectivity index (χ1v) is 8.19. The van der Waals surface area contributed by atoms with Crippen molar-refractivity contribution < 1.29 is 13.2 Å². The van der Waals surface area contributed by atoms with Crippen LogP contribution in [0.5, 0.6) is 0 Å². The van der Waals surface area contributed by atoms with Gasteiger partial charge in [0.1, 0.15) is 0 Å². The Kier molecular flexibility index (Phi) is 4.24. The lowest BCUT2D eigenvalue weighted by atomic mass is 10.1. The van der Waals surface area contributed by atoms with Crippen molar-refractivity contribution in [1.29, 1.82) is 0 Å². The fourth-order valence-corrected chi connectivity index (χ4v) is 3.07. The second-order valence-electron chi connectivity index (χ2n) is 4.90. The predicted octanol–water partition coefficient (Wildman–Crippen LogP) is -0.471. The molecule has 2 N–H and O–H groups in total. The summed E-state index contributed by atoms with van der Waals surface area (Å²) in [5.74, 6) is -0.154. The number of hydrogen-bond donors (Lipinski definition) is 2. The van der Waals surface area contributed by atoms with E-state index in [9.17, 15) is 18.0 Å². The van der Waals surface area contributed by atoms with Gasteiger partial charge < -0.3 is 9.88 Å². The molecule has 8 heteroatoms. The van der Waals surface area contributed by atoms with Gasteiger partial charge in [-0.05, 0) is 18.9 Å². The van der Waals surface area contributed by atoms with E-state index in [0.29, 0.717) is 31.5 Å². The van der Waals surface area contributed by atoms with Crippen LogP contribution in [0.15, 0.2) is 23.1 Å². The topological polar surface area (TPSA) is 99.3 Å². The molecule has 0 aromatic carbocycles. The zero-order valence-corrected chi connectivity index (χ0v) is 11.9. The Morgan fingerprint density at radius 2 is 2.00 bits per heavy atom. The molecule has 0 bridgehead atoms. The number of aromatic nitrogens is 1. The summed E-state index contributed by atoms with van der Waals surface area (Å²) in [6.45, 7) is 0.982. The average molecular weight is 299 g/mol. The molecule has 1 amide bonds. The van der Waals surface area contributed by atoms with Crippen molar-refractivity contribution in [2.24, 2.45) is 0 Å². The highest BCUT2D eigenvalue weighted by molar-refractivity contribution is 7.88. The summed E-state index contributed by atoms with van der Waals surface area (Å²) >= 11 is 0. The number of rotatable bonds is 3. The molecule has 1 aromatic rings. The Hall–Kier alpha value is -1.67. The average Bonchev–Trinajstić information content (AvgIpc) is 2.38. The van der Waals surface area contributed by atoms with Gasteiger partial charge in [0.25, 0.3) is 5.91 Å². The molecule has 110 valence electrons. The Labute approximate surface area is 117 Å². The molecule has 2 heterocycles. The minimum Gasteiger partial charge on any atom is -0.338 e. The maximum absolute atomic E-state index is 12.2. The Bertz CT molecular complexity index is 624. The quantitative estimate of drug-likeness (QED) is 0.788. The van der Waals surface area contributed by atoms with Crippen LogP contribution in [0.1, 0.15) is 23.2 Å². The molecule has 0 atom stereocenters. The Morgan fingerprint density at radius 3 is 2.50 bits per heavy atom. The highest BCUT2D eigenvalue weighted by Crippen LogP contribution is 2.13. The lowest BCUT2D eigenvalue weighted by molar-refractivity contribution is 0.0711. The van der Waals surface area contributed by atoms with Crippen LogP contribution in [0.3, 0.4) is 0 Å². The summed E-state index contributed by atoms with van der Waals surface area (Å²) in [7, 11) is -3.21. The van der Waals surface area contributed by atoms with Gasteiger partial charge in [0, 0.05) is 31.4 Å². The lowest BCUT2D eigenvalue weighted by Crippen LogP contribution is -2.46. The predicted molar refractivity (Wildman–Crippen MR) is 74.0 cm³/mol. The van der Waals surface area contributed by atoms with Crippen LogP contribution in [0, 0.1) is 0 Å². The van der Waals surface area contributed by atoms with Crippen LogP contribution in [0.2, 0.25) is 0 Å². The fraction of sp³-hybridized carbons (Fsp3) is 0.500. The monoisotopic (exact) mass is 299 g/mol. The van der Waals surface area contributed by atoms with Crippen molar-refractivity contribution in [1.82, 2.24) is 14.6 Å². The standard InChI is InChI=1S/C12H17N3O4S/c1-20(18,19)14-10-4-6-15(7-5-10)12(17)9-2-3-11(16)13-8-9/h2-3,8,10,14H,4-7H2,1H3,(H,13,16). The number of pyridine rings is 1. The molecule has 7 nitrogen and oxygen atoms in total. The second kappa shape index (κ2) is 5.76. The number of sulfonamides is 1. The number of amides is 1. The first-order chi connectivity index (χ1) is 9.35. The molecule has 20 heavy (non-hydrogen) atoms. The molecule has 0 unspecified atom stereocenters.